The highest BCUT2D eigenvalue weighted by atomic mass is 32.2. The van der Waals surface area contributed by atoms with Crippen LogP contribution in [0.4, 0.5) is 0 Å². The lowest BCUT2D eigenvalue weighted by atomic mass is 9.90. The van der Waals surface area contributed by atoms with Crippen molar-refractivity contribution in [2.75, 3.05) is 12.9 Å². The number of hydrogen-bond acceptors (Lipinski definition) is 8. The molecule has 2 aliphatic rings. The second-order valence-corrected chi connectivity index (χ2v) is 10.8. The number of hydrogen-bond donors (Lipinski definition) is 0. The minimum atomic E-state index is -3.79. The molecule has 0 unspecified atom stereocenters. The van der Waals surface area contributed by atoms with Crippen LogP contribution in [0.5, 0.6) is 0 Å². The van der Waals surface area contributed by atoms with E-state index in [0.717, 1.165) is 17.4 Å². The number of benzene rings is 2. The highest BCUT2D eigenvalue weighted by Gasteiger charge is 2.65. The van der Waals surface area contributed by atoms with Crippen LogP contribution in [0.15, 0.2) is 60.7 Å². The smallest absolute Gasteiger partial charge is 0.264 e. The standard InChI is InChI=1S/C25H32O8S/c1-18(33-34(4,26)27)25(17-28-15-19-11-7-5-8-12-19)22(29-16-20-13-9-6-10-14-20)21-23(32-25)31-24(2,3)30-21/h5-14,18,21-23H,15-17H2,1-4H3/t18-,21-,22+,23+,25+/m1/s1. The zero-order valence-corrected chi connectivity index (χ0v) is 20.7. The van der Waals surface area contributed by atoms with E-state index in [9.17, 15) is 8.42 Å². The van der Waals surface area contributed by atoms with Crippen molar-refractivity contribution in [2.45, 2.75) is 70.0 Å². The van der Waals surface area contributed by atoms with Crippen molar-refractivity contribution in [3.05, 3.63) is 71.8 Å². The third kappa shape index (κ3) is 5.85. The lowest BCUT2D eigenvalue weighted by molar-refractivity contribution is -0.270. The summed E-state index contributed by atoms with van der Waals surface area (Å²) in [5.74, 6) is -0.873. The van der Waals surface area contributed by atoms with Crippen LogP contribution in [0.25, 0.3) is 0 Å². The van der Waals surface area contributed by atoms with E-state index in [1.165, 1.54) is 0 Å². The van der Waals surface area contributed by atoms with Gasteiger partial charge >= 0.3 is 0 Å². The second-order valence-electron chi connectivity index (χ2n) is 9.18. The van der Waals surface area contributed by atoms with Crippen molar-refractivity contribution in [2.24, 2.45) is 0 Å². The van der Waals surface area contributed by atoms with E-state index in [1.807, 2.05) is 60.7 Å². The van der Waals surface area contributed by atoms with Crippen LogP contribution in [0.2, 0.25) is 0 Å². The summed E-state index contributed by atoms with van der Waals surface area (Å²) in [4.78, 5) is 0. The van der Waals surface area contributed by atoms with Gasteiger partial charge in [0.1, 0.15) is 18.3 Å². The average molecular weight is 493 g/mol. The van der Waals surface area contributed by atoms with Gasteiger partial charge in [0.2, 0.25) is 0 Å². The molecule has 9 heteroatoms. The van der Waals surface area contributed by atoms with Crippen LogP contribution < -0.4 is 0 Å². The molecule has 186 valence electrons. The lowest BCUT2D eigenvalue weighted by Crippen LogP contribution is -2.57. The summed E-state index contributed by atoms with van der Waals surface area (Å²) >= 11 is 0. The van der Waals surface area contributed by atoms with Crippen molar-refractivity contribution in [1.82, 2.24) is 0 Å². The van der Waals surface area contributed by atoms with Gasteiger partial charge in [0, 0.05) is 0 Å². The Morgan fingerprint density at radius 1 is 0.912 bits per heavy atom. The first-order chi connectivity index (χ1) is 16.1. The predicted octanol–water partition coefficient (Wildman–Crippen LogP) is 3.40. The Bertz CT molecular complexity index is 1040. The van der Waals surface area contributed by atoms with E-state index in [2.05, 4.69) is 0 Å². The van der Waals surface area contributed by atoms with Gasteiger partial charge in [-0.05, 0) is 31.9 Å². The fourth-order valence-electron chi connectivity index (χ4n) is 4.42. The second kappa shape index (κ2) is 10.0. The van der Waals surface area contributed by atoms with Gasteiger partial charge in [-0.15, -0.1) is 0 Å². The van der Waals surface area contributed by atoms with Gasteiger partial charge in [-0.2, -0.15) is 8.42 Å². The van der Waals surface area contributed by atoms with Crippen LogP contribution in [-0.2, 0) is 51.2 Å². The van der Waals surface area contributed by atoms with Gasteiger partial charge in [-0.3, -0.25) is 4.18 Å². The maximum atomic E-state index is 12.0. The SMILES string of the molecule is C[C@@H](OS(C)(=O)=O)[C@]1(COCc2ccccc2)O[C@@H]2OC(C)(C)O[C@@H]2[C@@H]1OCc1ccccc1. The van der Waals surface area contributed by atoms with Crippen LogP contribution in [0, 0.1) is 0 Å². The summed E-state index contributed by atoms with van der Waals surface area (Å²) in [5, 5.41) is 0. The van der Waals surface area contributed by atoms with Crippen LogP contribution in [0.3, 0.4) is 0 Å². The predicted molar refractivity (Wildman–Crippen MR) is 124 cm³/mol. The molecular formula is C25H32O8S. The number of rotatable bonds is 10. The highest BCUT2D eigenvalue weighted by Crippen LogP contribution is 2.46. The normalized spacial score (nSPS) is 29.1. The molecule has 2 aliphatic heterocycles. The molecule has 34 heavy (non-hydrogen) atoms. The number of ether oxygens (including phenoxy) is 5. The summed E-state index contributed by atoms with van der Waals surface area (Å²) in [5.41, 5.74) is 0.640. The summed E-state index contributed by atoms with van der Waals surface area (Å²) < 4.78 is 60.4. The van der Waals surface area contributed by atoms with E-state index in [-0.39, 0.29) is 13.2 Å². The van der Waals surface area contributed by atoms with E-state index < -0.39 is 46.1 Å². The molecule has 2 aromatic carbocycles. The van der Waals surface area contributed by atoms with Crippen LogP contribution in [0.1, 0.15) is 31.9 Å². The third-order valence-corrected chi connectivity index (χ3v) is 6.56. The van der Waals surface area contributed by atoms with Gasteiger partial charge in [0.25, 0.3) is 10.1 Å². The first-order valence-corrected chi connectivity index (χ1v) is 13.1. The largest absolute Gasteiger partial charge is 0.374 e. The maximum Gasteiger partial charge on any atom is 0.264 e. The molecule has 8 nitrogen and oxygen atoms in total. The Labute approximate surface area is 201 Å². The summed E-state index contributed by atoms with van der Waals surface area (Å²) in [6.45, 7) is 5.83. The molecule has 0 radical (unpaired) electrons. The summed E-state index contributed by atoms with van der Waals surface area (Å²) in [7, 11) is -3.79. The zero-order valence-electron chi connectivity index (χ0n) is 19.9. The van der Waals surface area contributed by atoms with Crippen molar-refractivity contribution in [1.29, 1.82) is 0 Å². The van der Waals surface area contributed by atoms with E-state index in [1.54, 1.807) is 20.8 Å². The average Bonchev–Trinajstić information content (AvgIpc) is 3.21. The first-order valence-electron chi connectivity index (χ1n) is 11.3. The molecule has 2 saturated heterocycles. The van der Waals surface area contributed by atoms with Crippen LogP contribution >= 0.6 is 0 Å². The third-order valence-electron chi connectivity index (χ3n) is 5.92. The topological polar surface area (TPSA) is 89.5 Å². The monoisotopic (exact) mass is 492 g/mol. The molecular weight excluding hydrogens is 460 g/mol. The highest BCUT2D eigenvalue weighted by molar-refractivity contribution is 7.86. The van der Waals surface area contributed by atoms with Crippen LogP contribution in [-0.4, -0.2) is 57.3 Å². The van der Waals surface area contributed by atoms with Gasteiger partial charge in [-0.1, -0.05) is 60.7 Å². The van der Waals surface area contributed by atoms with Gasteiger partial charge in [0.15, 0.2) is 17.7 Å². The number of fused-ring (bicyclic) bond motifs is 1. The minimum absolute atomic E-state index is 0.0121. The Kier molecular flexibility index (Phi) is 7.44. The fraction of sp³-hybridized carbons (Fsp3) is 0.520. The van der Waals surface area contributed by atoms with E-state index in [4.69, 9.17) is 27.9 Å². The van der Waals surface area contributed by atoms with Crippen molar-refractivity contribution in [3.8, 4) is 0 Å². The molecule has 2 heterocycles. The molecule has 0 aliphatic carbocycles. The summed E-state index contributed by atoms with van der Waals surface area (Å²) in [6, 6.07) is 19.4. The Morgan fingerprint density at radius 2 is 1.50 bits per heavy atom. The molecule has 0 aromatic heterocycles. The quantitative estimate of drug-likeness (QED) is 0.466. The Hall–Kier alpha value is -1.85. The minimum Gasteiger partial charge on any atom is -0.374 e. The molecule has 5 atom stereocenters. The zero-order chi connectivity index (χ0) is 24.4. The Morgan fingerprint density at radius 3 is 2.09 bits per heavy atom. The molecule has 0 amide bonds. The van der Waals surface area contributed by atoms with Crippen molar-refractivity contribution in [3.63, 3.8) is 0 Å². The Balaban J connectivity index is 1.62. The van der Waals surface area contributed by atoms with Gasteiger partial charge in [-0.25, -0.2) is 0 Å². The fourth-order valence-corrected chi connectivity index (χ4v) is 5.11. The molecule has 2 fully saturated rings. The van der Waals surface area contributed by atoms with E-state index >= 15 is 0 Å². The first kappa shape index (κ1) is 25.2. The maximum absolute atomic E-state index is 12.0. The summed E-state index contributed by atoms with van der Waals surface area (Å²) in [6.07, 6.45) is -1.99. The molecule has 2 aromatic rings. The lowest BCUT2D eigenvalue weighted by Gasteiger charge is -2.39. The van der Waals surface area contributed by atoms with Gasteiger partial charge < -0.3 is 23.7 Å². The van der Waals surface area contributed by atoms with Crippen molar-refractivity contribution >= 4 is 10.1 Å². The molecule has 0 spiro atoms. The van der Waals surface area contributed by atoms with Crippen molar-refractivity contribution < 1.29 is 36.3 Å². The molecule has 0 saturated carbocycles. The molecule has 4 rings (SSSR count). The van der Waals surface area contributed by atoms with Gasteiger partial charge in [0.05, 0.1) is 26.1 Å². The molecule has 0 bridgehead atoms. The molecule has 0 N–H and O–H groups in total. The van der Waals surface area contributed by atoms with E-state index in [0.29, 0.717) is 6.61 Å².